The zero-order valence-corrected chi connectivity index (χ0v) is 17.4. The van der Waals surface area contributed by atoms with Crippen LogP contribution in [0.5, 0.6) is 5.75 Å². The highest BCUT2D eigenvalue weighted by atomic mass is 19.1. The SMILES string of the molecule is CC[C@]1(O)CCCN2C[C@H]1n1cc(C(=O)NCc3ccc(F)cc3F)c(=O)c(O)c1C2=O. The van der Waals surface area contributed by atoms with Gasteiger partial charge in [-0.3, -0.25) is 14.4 Å². The van der Waals surface area contributed by atoms with Crippen LogP contribution in [0.3, 0.4) is 0 Å². The maximum atomic E-state index is 13.9. The smallest absolute Gasteiger partial charge is 0.274 e. The molecule has 2 aliphatic heterocycles. The van der Waals surface area contributed by atoms with E-state index >= 15 is 0 Å². The van der Waals surface area contributed by atoms with Gasteiger partial charge >= 0.3 is 0 Å². The van der Waals surface area contributed by atoms with Gasteiger partial charge in [-0.25, -0.2) is 8.78 Å². The molecule has 1 aromatic carbocycles. The second kappa shape index (κ2) is 8.01. The normalized spacial score (nSPS) is 22.3. The second-order valence-electron chi connectivity index (χ2n) is 8.22. The van der Waals surface area contributed by atoms with E-state index in [0.29, 0.717) is 31.9 Å². The van der Waals surface area contributed by atoms with E-state index in [1.165, 1.54) is 21.7 Å². The quantitative estimate of drug-likeness (QED) is 0.661. The van der Waals surface area contributed by atoms with Crippen LogP contribution in [-0.2, 0) is 6.54 Å². The molecule has 2 aromatic rings. The molecular weight excluding hydrogens is 424 g/mol. The van der Waals surface area contributed by atoms with Crippen molar-refractivity contribution in [2.24, 2.45) is 0 Å². The number of halogens is 2. The Morgan fingerprint density at radius 3 is 2.75 bits per heavy atom. The fraction of sp³-hybridized carbons (Fsp3) is 0.409. The molecule has 170 valence electrons. The Kier molecular flexibility index (Phi) is 5.49. The molecule has 32 heavy (non-hydrogen) atoms. The van der Waals surface area contributed by atoms with Gasteiger partial charge in [-0.15, -0.1) is 0 Å². The van der Waals surface area contributed by atoms with Crippen LogP contribution in [-0.4, -0.2) is 50.2 Å². The predicted molar refractivity (Wildman–Crippen MR) is 109 cm³/mol. The van der Waals surface area contributed by atoms with E-state index in [9.17, 15) is 33.4 Å². The van der Waals surface area contributed by atoms with Crippen molar-refractivity contribution in [1.82, 2.24) is 14.8 Å². The molecule has 2 atom stereocenters. The lowest BCUT2D eigenvalue weighted by Gasteiger charge is -2.41. The Labute approximate surface area is 182 Å². The predicted octanol–water partition coefficient (Wildman–Crippen LogP) is 1.69. The lowest BCUT2D eigenvalue weighted by Crippen LogP contribution is -2.50. The summed E-state index contributed by atoms with van der Waals surface area (Å²) < 4.78 is 28.2. The summed E-state index contributed by atoms with van der Waals surface area (Å²) in [6, 6.07) is 2.23. The van der Waals surface area contributed by atoms with Gasteiger partial charge in [0.1, 0.15) is 17.2 Å². The molecule has 1 saturated heterocycles. The van der Waals surface area contributed by atoms with Crippen LogP contribution in [0.1, 0.15) is 58.6 Å². The van der Waals surface area contributed by atoms with E-state index in [2.05, 4.69) is 5.32 Å². The van der Waals surface area contributed by atoms with Gasteiger partial charge in [-0.2, -0.15) is 0 Å². The number of rotatable bonds is 4. The summed E-state index contributed by atoms with van der Waals surface area (Å²) in [5.41, 5.74) is -2.94. The van der Waals surface area contributed by atoms with Crippen molar-refractivity contribution in [3.63, 3.8) is 0 Å². The largest absolute Gasteiger partial charge is 0.503 e. The molecule has 1 fully saturated rings. The number of carbonyl (C=O) groups excluding carboxylic acids is 2. The maximum absolute atomic E-state index is 13.9. The Hall–Kier alpha value is -3.27. The van der Waals surface area contributed by atoms with Gasteiger partial charge in [0, 0.05) is 37.5 Å². The van der Waals surface area contributed by atoms with Crippen molar-refractivity contribution in [1.29, 1.82) is 0 Å². The van der Waals surface area contributed by atoms with Gasteiger partial charge < -0.3 is 25.0 Å². The molecule has 0 spiro atoms. The maximum Gasteiger partial charge on any atom is 0.274 e. The fourth-order valence-electron chi connectivity index (χ4n) is 4.48. The van der Waals surface area contributed by atoms with Crippen LogP contribution in [0.15, 0.2) is 29.2 Å². The van der Waals surface area contributed by atoms with Gasteiger partial charge in [0.2, 0.25) is 5.43 Å². The number of carbonyl (C=O) groups is 2. The first kappa shape index (κ1) is 21.9. The molecule has 4 rings (SSSR count). The van der Waals surface area contributed by atoms with Crippen molar-refractivity contribution in [3.8, 4) is 5.75 Å². The van der Waals surface area contributed by atoms with E-state index in [4.69, 9.17) is 0 Å². The van der Waals surface area contributed by atoms with E-state index in [1.807, 2.05) is 0 Å². The van der Waals surface area contributed by atoms with Crippen molar-refractivity contribution < 1.29 is 28.6 Å². The number of nitrogens with zero attached hydrogens (tertiary/aromatic N) is 2. The summed E-state index contributed by atoms with van der Waals surface area (Å²) >= 11 is 0. The number of pyridine rings is 1. The minimum absolute atomic E-state index is 0.0111. The zero-order valence-electron chi connectivity index (χ0n) is 17.4. The lowest BCUT2D eigenvalue weighted by molar-refractivity contribution is -0.0270. The number of hydrogen-bond acceptors (Lipinski definition) is 5. The third-order valence-electron chi connectivity index (χ3n) is 6.40. The molecule has 2 aliphatic rings. The van der Waals surface area contributed by atoms with Gasteiger partial charge in [-0.1, -0.05) is 13.0 Å². The molecule has 8 nitrogen and oxygen atoms in total. The average molecular weight is 447 g/mol. The van der Waals surface area contributed by atoms with E-state index in [1.54, 1.807) is 6.92 Å². The minimum Gasteiger partial charge on any atom is -0.503 e. The third kappa shape index (κ3) is 3.54. The van der Waals surface area contributed by atoms with Crippen molar-refractivity contribution in [2.45, 2.75) is 44.4 Å². The molecule has 0 radical (unpaired) electrons. The molecule has 2 amide bonds. The molecule has 2 bridgehead atoms. The first-order chi connectivity index (χ1) is 15.2. The molecule has 1 aromatic heterocycles. The molecular formula is C22H23F2N3O5. The average Bonchev–Trinajstić information content (AvgIpc) is 2.91. The molecule has 3 N–H and O–H groups in total. The first-order valence-electron chi connectivity index (χ1n) is 10.4. The van der Waals surface area contributed by atoms with Crippen molar-refractivity contribution in [3.05, 3.63) is 63.1 Å². The Bertz CT molecular complexity index is 1160. The van der Waals surface area contributed by atoms with Crippen LogP contribution in [0.4, 0.5) is 8.78 Å². The summed E-state index contributed by atoms with van der Waals surface area (Å²) in [4.78, 5) is 39.8. The molecule has 0 unspecified atom stereocenters. The topological polar surface area (TPSA) is 112 Å². The van der Waals surface area contributed by atoms with Crippen LogP contribution < -0.4 is 10.7 Å². The Balaban J connectivity index is 1.73. The number of amides is 2. The molecule has 0 saturated carbocycles. The summed E-state index contributed by atoms with van der Waals surface area (Å²) in [5, 5.41) is 24.1. The lowest BCUT2D eigenvalue weighted by atomic mass is 9.86. The third-order valence-corrected chi connectivity index (χ3v) is 6.40. The Morgan fingerprint density at radius 2 is 2.06 bits per heavy atom. The monoisotopic (exact) mass is 447 g/mol. The van der Waals surface area contributed by atoms with Crippen molar-refractivity contribution >= 4 is 11.8 Å². The van der Waals surface area contributed by atoms with Gasteiger partial charge in [0.05, 0.1) is 11.6 Å². The van der Waals surface area contributed by atoms with Crippen LogP contribution in [0.25, 0.3) is 0 Å². The van der Waals surface area contributed by atoms with Crippen LogP contribution in [0.2, 0.25) is 0 Å². The fourth-order valence-corrected chi connectivity index (χ4v) is 4.48. The first-order valence-corrected chi connectivity index (χ1v) is 10.4. The highest BCUT2D eigenvalue weighted by Crippen LogP contribution is 2.39. The summed E-state index contributed by atoms with van der Waals surface area (Å²) in [5.74, 6) is -3.93. The van der Waals surface area contributed by atoms with Crippen molar-refractivity contribution in [2.75, 3.05) is 13.1 Å². The zero-order chi connectivity index (χ0) is 23.2. The molecule has 10 heteroatoms. The number of aromatic hydroxyl groups is 1. The van der Waals surface area contributed by atoms with E-state index in [-0.39, 0.29) is 24.3 Å². The second-order valence-corrected chi connectivity index (χ2v) is 8.22. The van der Waals surface area contributed by atoms with E-state index in [0.717, 1.165) is 6.07 Å². The molecule has 3 heterocycles. The van der Waals surface area contributed by atoms with Gasteiger partial charge in [-0.05, 0) is 25.3 Å². The molecule has 0 aliphatic carbocycles. The number of benzene rings is 1. The Morgan fingerprint density at radius 1 is 1.31 bits per heavy atom. The van der Waals surface area contributed by atoms with E-state index < -0.39 is 51.8 Å². The number of hydrogen-bond donors (Lipinski definition) is 3. The van der Waals surface area contributed by atoms with Gasteiger partial charge in [0.15, 0.2) is 11.4 Å². The minimum atomic E-state index is -1.20. The highest BCUT2D eigenvalue weighted by molar-refractivity contribution is 5.99. The number of nitrogens with one attached hydrogen (secondary N) is 1. The summed E-state index contributed by atoms with van der Waals surface area (Å²) in [7, 11) is 0. The number of aromatic nitrogens is 1. The number of aliphatic hydroxyl groups is 1. The standard InChI is InChI=1S/C22H23F2N3O5/c1-2-22(32)6-3-7-26-11-16(22)27-10-14(18(28)19(29)17(27)21(26)31)20(30)25-9-12-4-5-13(23)8-15(12)24/h4-5,8,10,16,29,32H,2-3,6-7,9,11H2,1H3,(H,25,30)/t16-,22+/m1/s1. The number of fused-ring (bicyclic) bond motifs is 4. The van der Waals surface area contributed by atoms with Gasteiger partial charge in [0.25, 0.3) is 11.8 Å². The summed E-state index contributed by atoms with van der Waals surface area (Å²) in [6.45, 7) is 2.05. The summed E-state index contributed by atoms with van der Waals surface area (Å²) in [6.07, 6.45) is 2.51. The highest BCUT2D eigenvalue weighted by Gasteiger charge is 2.46. The van der Waals surface area contributed by atoms with Crippen LogP contribution >= 0.6 is 0 Å². The van der Waals surface area contributed by atoms with Crippen LogP contribution in [0, 0.1) is 11.6 Å².